The van der Waals surface area contributed by atoms with E-state index in [4.69, 9.17) is 0 Å². The summed E-state index contributed by atoms with van der Waals surface area (Å²) in [6.45, 7) is 0. The summed E-state index contributed by atoms with van der Waals surface area (Å²) < 4.78 is 0. The number of amides is 1. The fourth-order valence-corrected chi connectivity index (χ4v) is 1.56. The highest BCUT2D eigenvalue weighted by atomic mass is 32.1. The van der Waals surface area contributed by atoms with Gasteiger partial charge in [-0.25, -0.2) is 14.9 Å². The minimum atomic E-state index is -0.161. The summed E-state index contributed by atoms with van der Waals surface area (Å²) in [7, 11) is 0. The molecule has 5 heteroatoms. The minimum absolute atomic E-state index is 0.104. The average Bonchev–Trinajstić information content (AvgIpc) is 2.41. The molecule has 2 rings (SSSR count). The Bertz CT molecular complexity index is 450. The second kappa shape index (κ2) is 5.45. The molecule has 2 heterocycles. The van der Waals surface area contributed by atoms with Gasteiger partial charge in [-0.3, -0.25) is 4.79 Å². The second-order valence-electron chi connectivity index (χ2n) is 3.26. The van der Waals surface area contributed by atoms with Gasteiger partial charge in [0.2, 0.25) is 5.91 Å². The van der Waals surface area contributed by atoms with E-state index in [1.54, 1.807) is 36.7 Å². The number of carbonyl (C=O) groups is 1. The Balaban J connectivity index is 2.43. The maximum absolute atomic E-state index is 11.9. The number of aromatic nitrogens is 2. The van der Waals surface area contributed by atoms with Crippen LogP contribution in [-0.4, -0.2) is 21.6 Å². The molecule has 2 aromatic heterocycles. The Kier molecular flexibility index (Phi) is 3.72. The molecule has 1 amide bonds. The number of hydrogen-bond acceptors (Lipinski definition) is 4. The summed E-state index contributed by atoms with van der Waals surface area (Å²) in [5.41, 5.74) is 0. The number of anilines is 2. The van der Waals surface area contributed by atoms with Gasteiger partial charge in [-0.15, -0.1) is 0 Å². The lowest BCUT2D eigenvalue weighted by Crippen LogP contribution is -2.28. The molecule has 0 aliphatic heterocycles. The van der Waals surface area contributed by atoms with Gasteiger partial charge in [-0.2, -0.15) is 12.6 Å². The van der Waals surface area contributed by atoms with Gasteiger partial charge >= 0.3 is 0 Å². The van der Waals surface area contributed by atoms with Crippen molar-refractivity contribution in [3.8, 4) is 0 Å². The Hall–Kier alpha value is -1.88. The van der Waals surface area contributed by atoms with Crippen LogP contribution in [0.2, 0.25) is 0 Å². The van der Waals surface area contributed by atoms with Crippen molar-refractivity contribution in [1.82, 2.24) is 9.97 Å². The zero-order valence-corrected chi connectivity index (χ0v) is 9.92. The first-order valence-corrected chi connectivity index (χ1v) is 5.72. The number of nitrogens with zero attached hydrogens (tertiary/aromatic N) is 3. The van der Waals surface area contributed by atoms with Crippen LogP contribution in [0.1, 0.15) is 0 Å². The predicted octanol–water partition coefficient (Wildman–Crippen LogP) is 2.07. The van der Waals surface area contributed by atoms with Gasteiger partial charge in [0.25, 0.3) is 0 Å². The van der Waals surface area contributed by atoms with Crippen LogP contribution in [-0.2, 0) is 4.79 Å². The van der Waals surface area contributed by atoms with Crippen molar-refractivity contribution in [3.05, 3.63) is 48.8 Å². The highest BCUT2D eigenvalue weighted by molar-refractivity contribution is 7.81. The molecule has 0 aliphatic carbocycles. The molecular weight excluding hydrogens is 234 g/mol. The van der Waals surface area contributed by atoms with Gasteiger partial charge in [-0.05, 0) is 24.3 Å². The van der Waals surface area contributed by atoms with Crippen molar-refractivity contribution >= 4 is 30.2 Å². The first-order valence-electron chi connectivity index (χ1n) is 5.09. The Morgan fingerprint density at radius 3 is 1.94 bits per heavy atom. The molecule has 0 atom stereocenters. The van der Waals surface area contributed by atoms with E-state index in [0.717, 1.165) is 0 Å². The van der Waals surface area contributed by atoms with Gasteiger partial charge in [0.15, 0.2) is 0 Å². The maximum Gasteiger partial charge on any atom is 0.243 e. The minimum Gasteiger partial charge on any atom is -0.273 e. The van der Waals surface area contributed by atoms with Crippen LogP contribution in [0.5, 0.6) is 0 Å². The Morgan fingerprint density at radius 2 is 1.59 bits per heavy atom. The van der Waals surface area contributed by atoms with Crippen LogP contribution in [0, 0.1) is 0 Å². The monoisotopic (exact) mass is 245 g/mol. The third kappa shape index (κ3) is 2.62. The smallest absolute Gasteiger partial charge is 0.243 e. The predicted molar refractivity (Wildman–Crippen MR) is 69.5 cm³/mol. The quantitative estimate of drug-likeness (QED) is 0.842. The van der Waals surface area contributed by atoms with E-state index >= 15 is 0 Å². The van der Waals surface area contributed by atoms with Gasteiger partial charge in [-0.1, -0.05) is 12.1 Å². The molecule has 0 bridgehead atoms. The molecule has 0 aromatic carbocycles. The summed E-state index contributed by atoms with van der Waals surface area (Å²) in [5, 5.41) is 0. The van der Waals surface area contributed by atoms with Crippen LogP contribution in [0.3, 0.4) is 0 Å². The van der Waals surface area contributed by atoms with Gasteiger partial charge in [0, 0.05) is 12.4 Å². The molecule has 0 unspecified atom stereocenters. The lowest BCUT2D eigenvalue weighted by atomic mass is 10.3. The van der Waals surface area contributed by atoms with E-state index in [0.29, 0.717) is 11.6 Å². The highest BCUT2D eigenvalue weighted by Crippen LogP contribution is 2.20. The molecule has 0 fully saturated rings. The molecule has 0 saturated carbocycles. The largest absolute Gasteiger partial charge is 0.273 e. The van der Waals surface area contributed by atoms with E-state index < -0.39 is 0 Å². The van der Waals surface area contributed by atoms with E-state index in [-0.39, 0.29) is 11.7 Å². The van der Waals surface area contributed by atoms with E-state index in [9.17, 15) is 4.79 Å². The van der Waals surface area contributed by atoms with E-state index in [1.165, 1.54) is 4.90 Å². The summed E-state index contributed by atoms with van der Waals surface area (Å²) in [6.07, 6.45) is 3.27. The molecular formula is C12H11N3OS. The van der Waals surface area contributed by atoms with Crippen molar-refractivity contribution in [2.45, 2.75) is 0 Å². The molecule has 17 heavy (non-hydrogen) atoms. The third-order valence-electron chi connectivity index (χ3n) is 2.14. The number of hydrogen-bond donors (Lipinski definition) is 1. The molecule has 86 valence electrons. The van der Waals surface area contributed by atoms with Crippen molar-refractivity contribution in [2.24, 2.45) is 0 Å². The first kappa shape index (κ1) is 11.6. The summed E-state index contributed by atoms with van der Waals surface area (Å²) in [6, 6.07) is 10.8. The van der Waals surface area contributed by atoms with Crippen LogP contribution in [0.25, 0.3) is 0 Å². The van der Waals surface area contributed by atoms with Gasteiger partial charge in [0.05, 0.1) is 5.75 Å². The molecule has 0 saturated heterocycles. The highest BCUT2D eigenvalue weighted by Gasteiger charge is 2.18. The summed E-state index contributed by atoms with van der Waals surface area (Å²) in [4.78, 5) is 21.6. The van der Waals surface area contributed by atoms with Crippen molar-refractivity contribution < 1.29 is 4.79 Å². The number of carbonyl (C=O) groups excluding carboxylic acids is 1. The fourth-order valence-electron chi connectivity index (χ4n) is 1.42. The van der Waals surface area contributed by atoms with Crippen molar-refractivity contribution in [2.75, 3.05) is 10.7 Å². The average molecular weight is 245 g/mol. The standard InChI is InChI=1S/C12H11N3OS/c16-12(9-17)15(10-5-1-3-7-13-10)11-6-2-4-8-14-11/h1-8,17H,9H2. The SMILES string of the molecule is O=C(CS)N(c1ccccn1)c1ccccn1. The third-order valence-corrected chi connectivity index (χ3v) is 2.41. The fraction of sp³-hybridized carbons (Fsp3) is 0.0833. The lowest BCUT2D eigenvalue weighted by Gasteiger charge is -2.19. The number of rotatable bonds is 3. The van der Waals surface area contributed by atoms with Gasteiger partial charge < -0.3 is 0 Å². The van der Waals surface area contributed by atoms with Crippen molar-refractivity contribution in [3.63, 3.8) is 0 Å². The molecule has 0 radical (unpaired) electrons. The van der Waals surface area contributed by atoms with Crippen LogP contribution >= 0.6 is 12.6 Å². The second-order valence-corrected chi connectivity index (χ2v) is 3.58. The topological polar surface area (TPSA) is 46.1 Å². The van der Waals surface area contributed by atoms with E-state index in [2.05, 4.69) is 22.6 Å². The van der Waals surface area contributed by atoms with Gasteiger partial charge in [0.1, 0.15) is 11.6 Å². The molecule has 0 aliphatic rings. The Labute approximate surface area is 105 Å². The molecule has 0 spiro atoms. The van der Waals surface area contributed by atoms with Crippen LogP contribution in [0.15, 0.2) is 48.8 Å². The first-order chi connectivity index (χ1) is 8.33. The van der Waals surface area contributed by atoms with E-state index in [1.807, 2.05) is 12.1 Å². The van der Waals surface area contributed by atoms with Crippen LogP contribution < -0.4 is 4.90 Å². The molecule has 4 nitrogen and oxygen atoms in total. The summed E-state index contributed by atoms with van der Waals surface area (Å²) >= 11 is 4.01. The number of thiol groups is 1. The molecule has 0 N–H and O–H groups in total. The van der Waals surface area contributed by atoms with Crippen molar-refractivity contribution in [1.29, 1.82) is 0 Å². The lowest BCUT2D eigenvalue weighted by molar-refractivity contribution is -0.115. The summed E-state index contributed by atoms with van der Waals surface area (Å²) in [5.74, 6) is 1.04. The number of pyridine rings is 2. The zero-order valence-electron chi connectivity index (χ0n) is 9.02. The normalized spacial score (nSPS) is 9.94. The molecule has 2 aromatic rings. The Morgan fingerprint density at radius 1 is 1.06 bits per heavy atom. The zero-order chi connectivity index (χ0) is 12.1. The van der Waals surface area contributed by atoms with Crippen LogP contribution in [0.4, 0.5) is 11.6 Å². The maximum atomic E-state index is 11.9.